The first-order chi connectivity index (χ1) is 8.20. The molecule has 1 fully saturated rings. The Hall–Kier alpha value is -1.42. The zero-order chi connectivity index (χ0) is 12.3. The molecule has 1 aliphatic rings. The first kappa shape index (κ1) is 12.0. The van der Waals surface area contributed by atoms with Gasteiger partial charge in [-0.05, 0) is 43.0 Å². The second-order valence-electron chi connectivity index (χ2n) is 4.26. The molecule has 1 saturated heterocycles. The number of methoxy groups -OCH3 is 1. The molecule has 92 valence electrons. The van der Waals surface area contributed by atoms with Crippen LogP contribution in [0.1, 0.15) is 34.7 Å². The van der Waals surface area contributed by atoms with Crippen LogP contribution in [0.4, 0.5) is 4.39 Å². The highest BCUT2D eigenvalue weighted by Crippen LogP contribution is 2.28. The largest absolute Gasteiger partial charge is 0.465 e. The van der Waals surface area contributed by atoms with Crippen molar-refractivity contribution in [2.75, 3.05) is 13.7 Å². The van der Waals surface area contributed by atoms with E-state index in [1.165, 1.54) is 7.11 Å². The van der Waals surface area contributed by atoms with Gasteiger partial charge >= 0.3 is 5.97 Å². The topological polar surface area (TPSA) is 38.3 Å². The van der Waals surface area contributed by atoms with Crippen LogP contribution < -0.4 is 5.32 Å². The van der Waals surface area contributed by atoms with E-state index >= 15 is 0 Å². The molecule has 2 unspecified atom stereocenters. The summed E-state index contributed by atoms with van der Waals surface area (Å²) >= 11 is 0. The molecular weight excluding hydrogens is 221 g/mol. The van der Waals surface area contributed by atoms with Gasteiger partial charge in [-0.2, -0.15) is 0 Å². The zero-order valence-corrected chi connectivity index (χ0v) is 9.78. The van der Waals surface area contributed by atoms with Gasteiger partial charge in [0.15, 0.2) is 6.30 Å². The Morgan fingerprint density at radius 3 is 3.06 bits per heavy atom. The summed E-state index contributed by atoms with van der Waals surface area (Å²) in [5.41, 5.74) is 1.54. The van der Waals surface area contributed by atoms with E-state index in [4.69, 9.17) is 0 Å². The minimum absolute atomic E-state index is 0.177. The summed E-state index contributed by atoms with van der Waals surface area (Å²) in [7, 11) is 1.36. The number of hydrogen-bond acceptors (Lipinski definition) is 3. The molecule has 17 heavy (non-hydrogen) atoms. The molecule has 2 rings (SSSR count). The average molecular weight is 237 g/mol. The highest BCUT2D eigenvalue weighted by atomic mass is 19.1. The smallest absolute Gasteiger partial charge is 0.337 e. The number of nitrogens with one attached hydrogen (secondary N) is 1. The Kier molecular flexibility index (Phi) is 3.74. The van der Waals surface area contributed by atoms with Gasteiger partial charge in [0.05, 0.1) is 12.7 Å². The normalized spacial score (nSPS) is 24.4. The number of esters is 1. The minimum Gasteiger partial charge on any atom is -0.465 e. The Balaban J connectivity index is 2.17. The van der Waals surface area contributed by atoms with Crippen molar-refractivity contribution < 1.29 is 13.9 Å². The van der Waals surface area contributed by atoms with Crippen LogP contribution in [0.25, 0.3) is 0 Å². The first-order valence-corrected chi connectivity index (χ1v) is 5.76. The predicted molar refractivity (Wildman–Crippen MR) is 62.7 cm³/mol. The van der Waals surface area contributed by atoms with Gasteiger partial charge < -0.3 is 4.74 Å². The number of hydrogen-bond donors (Lipinski definition) is 1. The van der Waals surface area contributed by atoms with Crippen molar-refractivity contribution in [2.24, 2.45) is 0 Å². The van der Waals surface area contributed by atoms with Gasteiger partial charge in [-0.1, -0.05) is 12.1 Å². The molecule has 0 saturated carbocycles. The molecule has 2 atom stereocenters. The maximum Gasteiger partial charge on any atom is 0.337 e. The van der Waals surface area contributed by atoms with Gasteiger partial charge in [0, 0.05) is 0 Å². The number of benzene rings is 1. The number of rotatable bonds is 2. The van der Waals surface area contributed by atoms with Crippen LogP contribution in [0.2, 0.25) is 0 Å². The Bertz CT molecular complexity index is 408. The Labute approximate surface area is 100.0 Å². The van der Waals surface area contributed by atoms with Gasteiger partial charge in [0.25, 0.3) is 0 Å². The number of carbonyl (C=O) groups excluding carboxylic acids is 1. The summed E-state index contributed by atoms with van der Waals surface area (Å²) in [6.07, 6.45) is 0.408. The lowest BCUT2D eigenvalue weighted by atomic mass is 9.89. The molecular formula is C13H16FNO2. The fourth-order valence-electron chi connectivity index (χ4n) is 2.21. The maximum atomic E-state index is 13.2. The predicted octanol–water partition coefficient (Wildman–Crippen LogP) is 2.24. The van der Waals surface area contributed by atoms with Crippen molar-refractivity contribution in [1.29, 1.82) is 0 Å². The number of carbonyl (C=O) groups is 1. The first-order valence-electron chi connectivity index (χ1n) is 5.76. The molecule has 1 aromatic rings. The lowest BCUT2D eigenvalue weighted by molar-refractivity contribution is 0.0600. The third-order valence-electron chi connectivity index (χ3n) is 3.13. The van der Waals surface area contributed by atoms with Crippen LogP contribution >= 0.6 is 0 Å². The van der Waals surface area contributed by atoms with Crippen molar-refractivity contribution in [3.8, 4) is 0 Å². The SMILES string of the molecule is COC(=O)c1cccc(C2CCNC(F)C2)c1. The molecule has 0 amide bonds. The fourth-order valence-corrected chi connectivity index (χ4v) is 2.21. The summed E-state index contributed by atoms with van der Waals surface area (Å²) in [6, 6.07) is 7.27. The van der Waals surface area contributed by atoms with Crippen LogP contribution in [0, 0.1) is 0 Å². The molecule has 1 N–H and O–H groups in total. The summed E-state index contributed by atoms with van der Waals surface area (Å²) in [5.74, 6) is -0.173. The third kappa shape index (κ3) is 2.82. The van der Waals surface area contributed by atoms with Crippen molar-refractivity contribution in [2.45, 2.75) is 25.1 Å². The van der Waals surface area contributed by atoms with E-state index in [0.717, 1.165) is 12.0 Å². The van der Waals surface area contributed by atoms with E-state index in [9.17, 15) is 9.18 Å². The van der Waals surface area contributed by atoms with Crippen molar-refractivity contribution in [3.05, 3.63) is 35.4 Å². The van der Waals surface area contributed by atoms with Gasteiger partial charge in [-0.3, -0.25) is 5.32 Å². The quantitative estimate of drug-likeness (QED) is 0.633. The molecule has 0 radical (unpaired) electrons. The molecule has 1 aromatic carbocycles. The lowest BCUT2D eigenvalue weighted by Gasteiger charge is -2.26. The molecule has 3 nitrogen and oxygen atoms in total. The molecule has 0 bridgehead atoms. The number of piperidine rings is 1. The molecule has 1 aliphatic heterocycles. The van der Waals surface area contributed by atoms with Crippen LogP contribution in [-0.4, -0.2) is 25.9 Å². The van der Waals surface area contributed by atoms with E-state index in [2.05, 4.69) is 10.1 Å². The Morgan fingerprint density at radius 2 is 2.35 bits per heavy atom. The van der Waals surface area contributed by atoms with Crippen molar-refractivity contribution in [1.82, 2.24) is 5.32 Å². The highest BCUT2D eigenvalue weighted by molar-refractivity contribution is 5.89. The van der Waals surface area contributed by atoms with Gasteiger partial charge in [0.2, 0.25) is 0 Å². The third-order valence-corrected chi connectivity index (χ3v) is 3.13. The second-order valence-corrected chi connectivity index (χ2v) is 4.26. The summed E-state index contributed by atoms with van der Waals surface area (Å²) in [6.45, 7) is 0.675. The van der Waals surface area contributed by atoms with E-state index in [1.54, 1.807) is 12.1 Å². The Morgan fingerprint density at radius 1 is 1.53 bits per heavy atom. The minimum atomic E-state index is -0.949. The molecule has 0 spiro atoms. The zero-order valence-electron chi connectivity index (χ0n) is 9.78. The summed E-state index contributed by atoms with van der Waals surface area (Å²) in [5, 5.41) is 2.77. The second kappa shape index (κ2) is 5.27. The standard InChI is InChI=1S/C13H16FNO2/c1-17-13(16)11-4-2-3-9(7-11)10-5-6-15-12(14)8-10/h2-4,7,10,12,15H,5-6,8H2,1H3. The summed E-state index contributed by atoms with van der Waals surface area (Å²) in [4.78, 5) is 11.4. The maximum absolute atomic E-state index is 13.2. The van der Waals surface area contributed by atoms with E-state index in [-0.39, 0.29) is 11.9 Å². The highest BCUT2D eigenvalue weighted by Gasteiger charge is 2.22. The van der Waals surface area contributed by atoms with Crippen LogP contribution in [0.3, 0.4) is 0 Å². The van der Waals surface area contributed by atoms with Crippen LogP contribution in [0.15, 0.2) is 24.3 Å². The van der Waals surface area contributed by atoms with E-state index in [1.807, 2.05) is 12.1 Å². The van der Waals surface area contributed by atoms with Crippen molar-refractivity contribution >= 4 is 5.97 Å². The van der Waals surface area contributed by atoms with Gasteiger partial charge in [-0.25, -0.2) is 9.18 Å². The van der Waals surface area contributed by atoms with Gasteiger partial charge in [0.1, 0.15) is 0 Å². The van der Waals surface area contributed by atoms with E-state index in [0.29, 0.717) is 18.5 Å². The molecule has 4 heteroatoms. The average Bonchev–Trinajstić information content (AvgIpc) is 2.38. The molecule has 0 aliphatic carbocycles. The van der Waals surface area contributed by atoms with Crippen LogP contribution in [0.5, 0.6) is 0 Å². The van der Waals surface area contributed by atoms with Gasteiger partial charge in [-0.15, -0.1) is 0 Å². The number of ether oxygens (including phenoxy) is 1. The molecule has 0 aromatic heterocycles. The lowest BCUT2D eigenvalue weighted by Crippen LogP contribution is -2.33. The monoisotopic (exact) mass is 237 g/mol. The van der Waals surface area contributed by atoms with Crippen molar-refractivity contribution in [3.63, 3.8) is 0 Å². The number of halogens is 1. The van der Waals surface area contributed by atoms with E-state index < -0.39 is 6.30 Å². The summed E-state index contributed by atoms with van der Waals surface area (Å²) < 4.78 is 17.9. The number of alkyl halides is 1. The molecule has 1 heterocycles. The van der Waals surface area contributed by atoms with Crippen LogP contribution in [-0.2, 0) is 4.74 Å². The fraction of sp³-hybridized carbons (Fsp3) is 0.462.